The standard InChI is InChI=1S/C24H26ClNO2/c1-15-3-5-17(6-4-15)7-8-18-9-12-22(16(2)13-18)26-23(27)20-11-10-19(25)14-21(20)24(26)28/h9-15,17H,3-8H2,1-2H3. The molecule has 0 aromatic heterocycles. The predicted octanol–water partition coefficient (Wildman–Crippen LogP) is 6.21. The summed E-state index contributed by atoms with van der Waals surface area (Å²) in [6.07, 6.45) is 7.67. The van der Waals surface area contributed by atoms with Gasteiger partial charge in [0.1, 0.15) is 0 Å². The number of carbonyl (C=O) groups excluding carboxylic acids is 2. The van der Waals surface area contributed by atoms with E-state index >= 15 is 0 Å². The fraction of sp³-hybridized carbons (Fsp3) is 0.417. The molecular weight excluding hydrogens is 370 g/mol. The van der Waals surface area contributed by atoms with Crippen LogP contribution in [0.15, 0.2) is 36.4 Å². The monoisotopic (exact) mass is 395 g/mol. The van der Waals surface area contributed by atoms with Crippen molar-refractivity contribution < 1.29 is 9.59 Å². The Kier molecular flexibility index (Phi) is 5.29. The number of benzene rings is 2. The third-order valence-corrected chi connectivity index (χ3v) is 6.56. The van der Waals surface area contributed by atoms with E-state index in [1.165, 1.54) is 42.6 Å². The summed E-state index contributed by atoms with van der Waals surface area (Å²) < 4.78 is 0. The smallest absolute Gasteiger partial charge is 0.266 e. The fourth-order valence-electron chi connectivity index (χ4n) is 4.54. The number of anilines is 1. The molecule has 1 aliphatic carbocycles. The van der Waals surface area contributed by atoms with Gasteiger partial charge in [0.05, 0.1) is 16.8 Å². The fourth-order valence-corrected chi connectivity index (χ4v) is 4.72. The lowest BCUT2D eigenvalue weighted by atomic mass is 9.80. The van der Waals surface area contributed by atoms with Crippen molar-refractivity contribution in [3.05, 3.63) is 63.7 Å². The van der Waals surface area contributed by atoms with Gasteiger partial charge in [-0.15, -0.1) is 0 Å². The van der Waals surface area contributed by atoms with E-state index in [2.05, 4.69) is 19.1 Å². The molecule has 1 aliphatic heterocycles. The minimum Gasteiger partial charge on any atom is -0.268 e. The van der Waals surface area contributed by atoms with Gasteiger partial charge in [-0.3, -0.25) is 9.59 Å². The Morgan fingerprint density at radius 1 is 0.964 bits per heavy atom. The van der Waals surface area contributed by atoms with E-state index in [-0.39, 0.29) is 11.8 Å². The first-order valence-corrected chi connectivity index (χ1v) is 10.6. The Morgan fingerprint density at radius 2 is 1.68 bits per heavy atom. The lowest BCUT2D eigenvalue weighted by Gasteiger charge is -2.26. The van der Waals surface area contributed by atoms with E-state index in [0.717, 1.165) is 23.8 Å². The second-order valence-electron chi connectivity index (χ2n) is 8.42. The Morgan fingerprint density at radius 3 is 2.39 bits per heavy atom. The maximum Gasteiger partial charge on any atom is 0.266 e. The zero-order valence-corrected chi connectivity index (χ0v) is 17.3. The maximum absolute atomic E-state index is 12.8. The minimum absolute atomic E-state index is 0.274. The largest absolute Gasteiger partial charge is 0.268 e. The summed E-state index contributed by atoms with van der Waals surface area (Å²) in [6, 6.07) is 11.0. The number of nitrogens with zero attached hydrogens (tertiary/aromatic N) is 1. The van der Waals surface area contributed by atoms with Crippen molar-refractivity contribution in [2.24, 2.45) is 11.8 Å². The van der Waals surface area contributed by atoms with Crippen LogP contribution in [0.3, 0.4) is 0 Å². The maximum atomic E-state index is 12.8. The number of amides is 2. The molecule has 0 radical (unpaired) electrons. The van der Waals surface area contributed by atoms with Crippen molar-refractivity contribution in [3.63, 3.8) is 0 Å². The first-order valence-electron chi connectivity index (χ1n) is 10.2. The number of fused-ring (bicyclic) bond motifs is 1. The van der Waals surface area contributed by atoms with Crippen LogP contribution in [-0.2, 0) is 6.42 Å². The summed E-state index contributed by atoms with van der Waals surface area (Å²) in [4.78, 5) is 26.9. The molecule has 1 heterocycles. The van der Waals surface area contributed by atoms with E-state index in [1.807, 2.05) is 13.0 Å². The zero-order valence-electron chi connectivity index (χ0n) is 16.5. The molecule has 0 bridgehead atoms. The SMILES string of the molecule is Cc1cc(CCC2CCC(C)CC2)ccc1N1C(=O)c2ccc(Cl)cc2C1=O. The normalized spacial score (nSPS) is 21.9. The van der Waals surface area contributed by atoms with Gasteiger partial charge in [0.2, 0.25) is 0 Å². The lowest BCUT2D eigenvalue weighted by molar-refractivity contribution is 0.0926. The first kappa shape index (κ1) is 19.2. The molecule has 0 saturated heterocycles. The van der Waals surface area contributed by atoms with Crippen LogP contribution in [0, 0.1) is 18.8 Å². The van der Waals surface area contributed by atoms with Gasteiger partial charge in [0, 0.05) is 5.02 Å². The molecule has 4 rings (SSSR count). The second-order valence-corrected chi connectivity index (χ2v) is 8.86. The highest BCUT2D eigenvalue weighted by Crippen LogP contribution is 2.34. The summed E-state index contributed by atoms with van der Waals surface area (Å²) in [7, 11) is 0. The van der Waals surface area contributed by atoms with Crippen LogP contribution in [-0.4, -0.2) is 11.8 Å². The van der Waals surface area contributed by atoms with Crippen LogP contribution in [0.5, 0.6) is 0 Å². The Balaban J connectivity index is 1.49. The zero-order chi connectivity index (χ0) is 19.8. The van der Waals surface area contributed by atoms with Crippen LogP contribution in [0.4, 0.5) is 5.69 Å². The molecule has 0 N–H and O–H groups in total. The molecule has 0 atom stereocenters. The quantitative estimate of drug-likeness (QED) is 0.577. The third-order valence-electron chi connectivity index (χ3n) is 6.33. The van der Waals surface area contributed by atoms with E-state index in [0.29, 0.717) is 21.8 Å². The molecule has 3 nitrogen and oxygen atoms in total. The van der Waals surface area contributed by atoms with Crippen LogP contribution in [0.1, 0.15) is 70.9 Å². The number of halogens is 1. The Labute approximate surface area is 171 Å². The topological polar surface area (TPSA) is 37.4 Å². The van der Waals surface area contributed by atoms with Gasteiger partial charge in [0.15, 0.2) is 0 Å². The first-order chi connectivity index (χ1) is 13.4. The van der Waals surface area contributed by atoms with Gasteiger partial charge in [-0.1, -0.05) is 56.3 Å². The molecule has 2 amide bonds. The van der Waals surface area contributed by atoms with Gasteiger partial charge in [-0.25, -0.2) is 4.90 Å². The minimum atomic E-state index is -0.297. The van der Waals surface area contributed by atoms with Gasteiger partial charge in [0.25, 0.3) is 11.8 Å². The summed E-state index contributed by atoms with van der Waals surface area (Å²) in [5, 5.41) is 0.464. The van der Waals surface area contributed by atoms with Crippen molar-refractivity contribution in [1.82, 2.24) is 0 Å². The Hall–Kier alpha value is -2.13. The Bertz CT molecular complexity index is 928. The summed E-state index contributed by atoms with van der Waals surface area (Å²) in [6.45, 7) is 4.32. The molecule has 146 valence electrons. The van der Waals surface area contributed by atoms with Crippen LogP contribution >= 0.6 is 11.6 Å². The summed E-state index contributed by atoms with van der Waals surface area (Å²) in [5.41, 5.74) is 3.70. The molecule has 2 aromatic carbocycles. The molecule has 0 spiro atoms. The highest BCUT2D eigenvalue weighted by Gasteiger charge is 2.37. The van der Waals surface area contributed by atoms with E-state index in [9.17, 15) is 9.59 Å². The van der Waals surface area contributed by atoms with Crippen molar-refractivity contribution in [1.29, 1.82) is 0 Å². The van der Waals surface area contributed by atoms with E-state index in [1.54, 1.807) is 18.2 Å². The van der Waals surface area contributed by atoms with E-state index in [4.69, 9.17) is 11.6 Å². The number of carbonyl (C=O) groups is 2. The highest BCUT2D eigenvalue weighted by molar-refractivity contribution is 6.36. The number of hydrogen-bond donors (Lipinski definition) is 0. The number of hydrogen-bond acceptors (Lipinski definition) is 2. The molecule has 2 aromatic rings. The van der Waals surface area contributed by atoms with Gasteiger partial charge >= 0.3 is 0 Å². The van der Waals surface area contributed by atoms with Crippen molar-refractivity contribution in [2.45, 2.75) is 52.4 Å². The molecule has 0 unspecified atom stereocenters. The highest BCUT2D eigenvalue weighted by atomic mass is 35.5. The number of imide groups is 1. The summed E-state index contributed by atoms with van der Waals surface area (Å²) in [5.74, 6) is 1.14. The van der Waals surface area contributed by atoms with Crippen molar-refractivity contribution in [2.75, 3.05) is 4.90 Å². The molecule has 1 saturated carbocycles. The van der Waals surface area contributed by atoms with Crippen molar-refractivity contribution >= 4 is 29.1 Å². The molecule has 2 aliphatic rings. The lowest BCUT2D eigenvalue weighted by Crippen LogP contribution is -2.30. The average Bonchev–Trinajstić information content (AvgIpc) is 2.92. The van der Waals surface area contributed by atoms with E-state index < -0.39 is 0 Å². The van der Waals surface area contributed by atoms with Crippen LogP contribution in [0.25, 0.3) is 0 Å². The van der Waals surface area contributed by atoms with Gasteiger partial charge in [-0.05, 0) is 67.0 Å². The second kappa shape index (κ2) is 7.71. The molecule has 1 fully saturated rings. The average molecular weight is 396 g/mol. The molecule has 28 heavy (non-hydrogen) atoms. The third kappa shape index (κ3) is 3.60. The van der Waals surface area contributed by atoms with Crippen LogP contribution in [0.2, 0.25) is 5.02 Å². The predicted molar refractivity (Wildman–Crippen MR) is 113 cm³/mol. The number of aryl methyl sites for hydroxylation is 2. The van der Waals surface area contributed by atoms with Gasteiger partial charge in [-0.2, -0.15) is 0 Å². The number of rotatable bonds is 4. The van der Waals surface area contributed by atoms with Gasteiger partial charge < -0.3 is 0 Å². The molecular formula is C24H26ClNO2. The van der Waals surface area contributed by atoms with Crippen molar-refractivity contribution in [3.8, 4) is 0 Å². The molecule has 4 heteroatoms. The summed E-state index contributed by atoms with van der Waals surface area (Å²) >= 11 is 6.01. The van der Waals surface area contributed by atoms with Crippen LogP contribution < -0.4 is 4.90 Å².